The van der Waals surface area contributed by atoms with Gasteiger partial charge >= 0.3 is 0 Å². The number of carbonyl (C=O) groups is 2. The Morgan fingerprint density at radius 1 is 1.29 bits per heavy atom. The fourth-order valence-corrected chi connectivity index (χ4v) is 1.05. The van der Waals surface area contributed by atoms with Crippen LogP contribution in [0, 0.1) is 0 Å². The molecule has 0 aromatic carbocycles. The van der Waals surface area contributed by atoms with Crippen molar-refractivity contribution >= 4 is 11.7 Å². The van der Waals surface area contributed by atoms with E-state index in [2.05, 4.69) is 5.32 Å². The minimum absolute atomic E-state index is 0.108. The number of amides is 1. The summed E-state index contributed by atoms with van der Waals surface area (Å²) < 4.78 is 0. The van der Waals surface area contributed by atoms with Gasteiger partial charge in [-0.25, -0.2) is 0 Å². The van der Waals surface area contributed by atoms with Gasteiger partial charge in [-0.05, 0) is 19.8 Å². The highest BCUT2D eigenvalue weighted by Gasteiger charge is 2.22. The first-order valence-electron chi connectivity index (χ1n) is 4.92. The lowest BCUT2D eigenvalue weighted by Crippen LogP contribution is -2.42. The molecule has 0 unspecified atom stereocenters. The molecule has 14 heavy (non-hydrogen) atoms. The number of rotatable bonds is 6. The van der Waals surface area contributed by atoms with Crippen LogP contribution in [0.15, 0.2) is 0 Å². The molecule has 0 aromatic heterocycles. The smallest absolute Gasteiger partial charge is 0.227 e. The second-order valence-corrected chi connectivity index (χ2v) is 3.59. The Hall–Kier alpha value is -0.900. The molecule has 0 rings (SSSR count). The summed E-state index contributed by atoms with van der Waals surface area (Å²) in [5.74, 6) is -0.489. The van der Waals surface area contributed by atoms with Crippen LogP contribution in [-0.4, -0.2) is 28.9 Å². The highest BCUT2D eigenvalue weighted by Crippen LogP contribution is 2.12. The number of ketones is 1. The van der Waals surface area contributed by atoms with E-state index in [1.165, 1.54) is 6.92 Å². The van der Waals surface area contributed by atoms with Crippen molar-refractivity contribution in [1.29, 1.82) is 0 Å². The number of hydrogen-bond acceptors (Lipinski definition) is 3. The first-order chi connectivity index (χ1) is 6.43. The summed E-state index contributed by atoms with van der Waals surface area (Å²) in [7, 11) is 0. The average molecular weight is 201 g/mol. The van der Waals surface area contributed by atoms with Crippen molar-refractivity contribution in [2.45, 2.75) is 45.6 Å². The lowest BCUT2D eigenvalue weighted by Gasteiger charge is -2.25. The molecule has 0 aliphatic rings. The number of nitrogens with one attached hydrogen (secondary N) is 1. The molecular formula is C10H19NO3. The number of hydrogen-bond donors (Lipinski definition) is 2. The second kappa shape index (κ2) is 5.75. The molecule has 4 nitrogen and oxygen atoms in total. The molecule has 0 saturated carbocycles. The van der Waals surface area contributed by atoms with Crippen molar-refractivity contribution in [2.24, 2.45) is 0 Å². The van der Waals surface area contributed by atoms with Gasteiger partial charge in [0.15, 0.2) is 0 Å². The van der Waals surface area contributed by atoms with Gasteiger partial charge in [0.2, 0.25) is 5.91 Å². The Morgan fingerprint density at radius 3 is 2.14 bits per heavy atom. The summed E-state index contributed by atoms with van der Waals surface area (Å²) >= 11 is 0. The monoisotopic (exact) mass is 201 g/mol. The van der Waals surface area contributed by atoms with E-state index < -0.39 is 5.60 Å². The molecule has 0 bridgehead atoms. The Balaban J connectivity index is 3.92. The third kappa shape index (κ3) is 4.97. The van der Waals surface area contributed by atoms with E-state index in [0.717, 1.165) is 0 Å². The van der Waals surface area contributed by atoms with Crippen molar-refractivity contribution in [1.82, 2.24) is 5.32 Å². The molecule has 0 atom stereocenters. The molecule has 1 amide bonds. The molecule has 0 spiro atoms. The maximum absolute atomic E-state index is 11.1. The first-order valence-corrected chi connectivity index (χ1v) is 4.92. The van der Waals surface area contributed by atoms with Crippen molar-refractivity contribution in [2.75, 3.05) is 6.54 Å². The van der Waals surface area contributed by atoms with E-state index >= 15 is 0 Å². The van der Waals surface area contributed by atoms with Gasteiger partial charge in [0.25, 0.3) is 0 Å². The van der Waals surface area contributed by atoms with Crippen LogP contribution in [0.3, 0.4) is 0 Å². The van der Waals surface area contributed by atoms with E-state index in [1.54, 1.807) is 0 Å². The fourth-order valence-electron chi connectivity index (χ4n) is 1.05. The first kappa shape index (κ1) is 13.1. The van der Waals surface area contributed by atoms with E-state index in [4.69, 9.17) is 0 Å². The Kier molecular flexibility index (Phi) is 5.38. The maximum Gasteiger partial charge on any atom is 0.227 e. The predicted octanol–water partition coefficient (Wildman–Crippen LogP) is 0.633. The van der Waals surface area contributed by atoms with Gasteiger partial charge in [-0.3, -0.25) is 9.59 Å². The number of aliphatic hydroxyl groups is 1. The van der Waals surface area contributed by atoms with Gasteiger partial charge in [-0.1, -0.05) is 13.8 Å². The van der Waals surface area contributed by atoms with Crippen LogP contribution in [0.4, 0.5) is 0 Å². The zero-order chi connectivity index (χ0) is 11.2. The van der Waals surface area contributed by atoms with E-state index in [0.29, 0.717) is 12.8 Å². The Bertz CT molecular complexity index is 209. The normalized spacial score (nSPS) is 11.1. The molecule has 4 heteroatoms. The van der Waals surface area contributed by atoms with Gasteiger partial charge < -0.3 is 10.4 Å². The Labute approximate surface area is 84.7 Å². The lowest BCUT2D eigenvalue weighted by molar-refractivity contribution is -0.128. The molecule has 0 aliphatic carbocycles. The van der Waals surface area contributed by atoms with Gasteiger partial charge in [-0.2, -0.15) is 0 Å². The van der Waals surface area contributed by atoms with Gasteiger partial charge in [0, 0.05) is 6.54 Å². The third-order valence-corrected chi connectivity index (χ3v) is 2.34. The highest BCUT2D eigenvalue weighted by molar-refractivity contribution is 5.96. The van der Waals surface area contributed by atoms with Gasteiger partial charge in [0.05, 0.1) is 12.0 Å². The molecule has 0 fully saturated rings. The fraction of sp³-hybridized carbons (Fsp3) is 0.800. The van der Waals surface area contributed by atoms with Crippen LogP contribution >= 0.6 is 0 Å². The van der Waals surface area contributed by atoms with Crippen molar-refractivity contribution in [3.63, 3.8) is 0 Å². The van der Waals surface area contributed by atoms with Gasteiger partial charge in [0.1, 0.15) is 5.78 Å². The zero-order valence-corrected chi connectivity index (χ0v) is 9.09. The second-order valence-electron chi connectivity index (χ2n) is 3.59. The quantitative estimate of drug-likeness (QED) is 0.619. The molecule has 2 N–H and O–H groups in total. The van der Waals surface area contributed by atoms with Crippen LogP contribution in [0.1, 0.15) is 40.0 Å². The van der Waals surface area contributed by atoms with Crippen LogP contribution in [0.2, 0.25) is 0 Å². The van der Waals surface area contributed by atoms with Crippen molar-refractivity contribution in [3.05, 3.63) is 0 Å². The van der Waals surface area contributed by atoms with Crippen LogP contribution < -0.4 is 5.32 Å². The van der Waals surface area contributed by atoms with Gasteiger partial charge in [-0.15, -0.1) is 0 Å². The average Bonchev–Trinajstić information content (AvgIpc) is 2.13. The summed E-state index contributed by atoms with van der Waals surface area (Å²) in [5, 5.41) is 12.4. The minimum Gasteiger partial charge on any atom is -0.388 e. The summed E-state index contributed by atoms with van der Waals surface area (Å²) in [6.45, 7) is 5.30. The zero-order valence-electron chi connectivity index (χ0n) is 9.09. The third-order valence-electron chi connectivity index (χ3n) is 2.34. The maximum atomic E-state index is 11.1. The predicted molar refractivity (Wildman–Crippen MR) is 53.8 cm³/mol. The molecule has 0 aromatic rings. The van der Waals surface area contributed by atoms with Crippen LogP contribution in [0.25, 0.3) is 0 Å². The largest absolute Gasteiger partial charge is 0.388 e. The summed E-state index contributed by atoms with van der Waals surface area (Å²) in [6, 6.07) is 0. The highest BCUT2D eigenvalue weighted by atomic mass is 16.3. The van der Waals surface area contributed by atoms with Crippen molar-refractivity contribution in [3.8, 4) is 0 Å². The molecule has 82 valence electrons. The standard InChI is InChI=1S/C10H19NO3/c1-4-10(14,5-2)7-11-9(13)6-8(3)12/h14H,4-7H2,1-3H3,(H,11,13). The molecule has 0 saturated heterocycles. The summed E-state index contributed by atoms with van der Waals surface area (Å²) in [4.78, 5) is 21.7. The van der Waals surface area contributed by atoms with Crippen LogP contribution in [-0.2, 0) is 9.59 Å². The number of carbonyl (C=O) groups excluding carboxylic acids is 2. The molecular weight excluding hydrogens is 182 g/mol. The minimum atomic E-state index is -0.841. The topological polar surface area (TPSA) is 66.4 Å². The molecule has 0 heterocycles. The van der Waals surface area contributed by atoms with E-state index in [9.17, 15) is 14.7 Å². The van der Waals surface area contributed by atoms with E-state index in [-0.39, 0.29) is 24.7 Å². The summed E-state index contributed by atoms with van der Waals surface area (Å²) in [5.41, 5.74) is -0.841. The van der Waals surface area contributed by atoms with Crippen LogP contribution in [0.5, 0.6) is 0 Å². The summed E-state index contributed by atoms with van der Waals surface area (Å²) in [6.07, 6.45) is 1.07. The SMILES string of the molecule is CCC(O)(CC)CNC(=O)CC(C)=O. The molecule has 0 aliphatic heterocycles. The Morgan fingerprint density at radius 2 is 1.79 bits per heavy atom. The van der Waals surface area contributed by atoms with Crippen molar-refractivity contribution < 1.29 is 14.7 Å². The van der Waals surface area contributed by atoms with E-state index in [1.807, 2.05) is 13.8 Å². The molecule has 0 radical (unpaired) electrons. The number of Topliss-reactive ketones (excluding diaryl/α,β-unsaturated/α-hetero) is 1. The lowest BCUT2D eigenvalue weighted by atomic mass is 9.97.